The summed E-state index contributed by atoms with van der Waals surface area (Å²) in [5.74, 6) is 0.497. The van der Waals surface area contributed by atoms with Gasteiger partial charge >= 0.3 is 6.03 Å². The summed E-state index contributed by atoms with van der Waals surface area (Å²) >= 11 is 0. The van der Waals surface area contributed by atoms with Crippen molar-refractivity contribution < 1.29 is 14.0 Å². The van der Waals surface area contributed by atoms with Crippen LogP contribution in [0.5, 0.6) is 0 Å². The molecule has 2 aliphatic rings. The number of likely N-dealkylation sites (tertiary alicyclic amines) is 1. The lowest BCUT2D eigenvalue weighted by Gasteiger charge is -2.33. The molecule has 7 nitrogen and oxygen atoms in total. The minimum atomic E-state index is 0.0220. The fourth-order valence-electron chi connectivity index (χ4n) is 3.45. The monoisotopic (exact) mass is 316 g/mol. The van der Waals surface area contributed by atoms with Crippen molar-refractivity contribution in [3.05, 3.63) is 24.1 Å². The van der Waals surface area contributed by atoms with Crippen LogP contribution in [0, 0.1) is 5.92 Å². The predicted molar refractivity (Wildman–Crippen MR) is 84.2 cm³/mol. The minimum Gasteiger partial charge on any atom is -0.463 e. The topological polar surface area (TPSA) is 81.6 Å². The van der Waals surface area contributed by atoms with E-state index >= 15 is 0 Å². The van der Waals surface area contributed by atoms with Gasteiger partial charge in [0.1, 0.15) is 5.69 Å². The van der Waals surface area contributed by atoms with Crippen molar-refractivity contribution in [1.82, 2.24) is 20.1 Å². The first-order chi connectivity index (χ1) is 11.2. The van der Waals surface area contributed by atoms with Crippen LogP contribution < -0.4 is 5.32 Å². The van der Waals surface area contributed by atoms with Crippen LogP contribution in [0.1, 0.15) is 23.3 Å². The molecule has 0 bridgehead atoms. The zero-order chi connectivity index (χ0) is 15.8. The number of nitrogens with zero attached hydrogens (tertiary/aromatic N) is 2. The van der Waals surface area contributed by atoms with Crippen molar-refractivity contribution in [1.29, 1.82) is 0 Å². The summed E-state index contributed by atoms with van der Waals surface area (Å²) in [5, 5.41) is 2.83. The van der Waals surface area contributed by atoms with Crippen molar-refractivity contribution in [2.24, 2.45) is 5.92 Å². The number of furan rings is 1. The SMILES string of the molecule is O=C1NCCN1CC1CCN(C(=O)c2cc3occc3[nH]2)CC1. The number of carbonyl (C=O) groups excluding carboxylic acids is 2. The van der Waals surface area contributed by atoms with Crippen molar-refractivity contribution in [2.45, 2.75) is 12.8 Å². The van der Waals surface area contributed by atoms with Gasteiger partial charge in [0.25, 0.3) is 5.91 Å². The number of amides is 3. The van der Waals surface area contributed by atoms with E-state index in [0.717, 1.165) is 51.1 Å². The summed E-state index contributed by atoms with van der Waals surface area (Å²) in [6.07, 6.45) is 3.48. The van der Waals surface area contributed by atoms with Crippen molar-refractivity contribution >= 4 is 23.0 Å². The molecule has 4 rings (SSSR count). The maximum absolute atomic E-state index is 12.5. The molecule has 0 saturated carbocycles. The normalized spacial score (nSPS) is 19.6. The van der Waals surface area contributed by atoms with Gasteiger partial charge in [-0.1, -0.05) is 0 Å². The quantitative estimate of drug-likeness (QED) is 0.903. The second kappa shape index (κ2) is 5.64. The maximum atomic E-state index is 12.5. The van der Waals surface area contributed by atoms with E-state index in [0.29, 0.717) is 17.2 Å². The van der Waals surface area contributed by atoms with Crippen LogP contribution in [0.15, 0.2) is 22.8 Å². The molecule has 2 aliphatic heterocycles. The van der Waals surface area contributed by atoms with Gasteiger partial charge in [-0.3, -0.25) is 4.79 Å². The van der Waals surface area contributed by atoms with Crippen LogP contribution in [-0.2, 0) is 0 Å². The number of nitrogens with one attached hydrogen (secondary N) is 2. The number of piperidine rings is 1. The molecule has 2 fully saturated rings. The van der Waals surface area contributed by atoms with E-state index < -0.39 is 0 Å². The molecule has 2 N–H and O–H groups in total. The van der Waals surface area contributed by atoms with Gasteiger partial charge in [0.05, 0.1) is 11.8 Å². The number of hydrogen-bond donors (Lipinski definition) is 2. The number of rotatable bonds is 3. The zero-order valence-corrected chi connectivity index (χ0v) is 12.9. The van der Waals surface area contributed by atoms with E-state index in [4.69, 9.17) is 4.42 Å². The van der Waals surface area contributed by atoms with Gasteiger partial charge in [-0.05, 0) is 18.8 Å². The fourth-order valence-corrected chi connectivity index (χ4v) is 3.45. The lowest BCUT2D eigenvalue weighted by Crippen LogP contribution is -2.42. The average molecular weight is 316 g/mol. The number of fused-ring (bicyclic) bond motifs is 1. The third-order valence-electron chi connectivity index (χ3n) is 4.80. The van der Waals surface area contributed by atoms with Crippen LogP contribution in [0.4, 0.5) is 4.79 Å². The lowest BCUT2D eigenvalue weighted by atomic mass is 9.96. The van der Waals surface area contributed by atoms with Crippen LogP contribution in [0.2, 0.25) is 0 Å². The summed E-state index contributed by atoms with van der Waals surface area (Å²) in [7, 11) is 0. The Hall–Kier alpha value is -2.44. The minimum absolute atomic E-state index is 0.0220. The van der Waals surface area contributed by atoms with Gasteiger partial charge < -0.3 is 24.5 Å². The number of H-pyrrole nitrogens is 1. The highest BCUT2D eigenvalue weighted by Gasteiger charge is 2.28. The Bertz CT molecular complexity index is 698. The van der Waals surface area contributed by atoms with Gasteiger partial charge in [-0.25, -0.2) is 4.79 Å². The zero-order valence-electron chi connectivity index (χ0n) is 12.9. The molecule has 122 valence electrons. The molecular formula is C16H20N4O3. The van der Waals surface area contributed by atoms with Crippen molar-refractivity contribution in [2.75, 3.05) is 32.7 Å². The molecular weight excluding hydrogens is 296 g/mol. The van der Waals surface area contributed by atoms with Gasteiger partial charge in [-0.15, -0.1) is 0 Å². The third kappa shape index (κ3) is 2.67. The number of aromatic amines is 1. The summed E-state index contributed by atoms with van der Waals surface area (Å²) < 4.78 is 5.29. The molecule has 0 unspecified atom stereocenters. The fraction of sp³-hybridized carbons (Fsp3) is 0.500. The second-order valence-electron chi connectivity index (χ2n) is 6.30. The Labute approximate surface area is 133 Å². The summed E-state index contributed by atoms with van der Waals surface area (Å²) in [5.41, 5.74) is 2.14. The van der Waals surface area contributed by atoms with Gasteiger partial charge in [-0.2, -0.15) is 0 Å². The molecule has 3 amide bonds. The first kappa shape index (κ1) is 14.2. The molecule has 0 radical (unpaired) electrons. The molecule has 2 aromatic heterocycles. The number of urea groups is 1. The highest BCUT2D eigenvalue weighted by Crippen LogP contribution is 2.22. The lowest BCUT2D eigenvalue weighted by molar-refractivity contribution is 0.0672. The molecule has 0 spiro atoms. The molecule has 0 atom stereocenters. The van der Waals surface area contributed by atoms with Crippen LogP contribution in [0.3, 0.4) is 0 Å². The van der Waals surface area contributed by atoms with Crippen LogP contribution in [-0.4, -0.2) is 59.4 Å². The van der Waals surface area contributed by atoms with Crippen molar-refractivity contribution in [3.8, 4) is 0 Å². The van der Waals surface area contributed by atoms with E-state index in [1.165, 1.54) is 0 Å². The first-order valence-corrected chi connectivity index (χ1v) is 8.09. The molecule has 2 saturated heterocycles. The van der Waals surface area contributed by atoms with E-state index in [-0.39, 0.29) is 11.9 Å². The van der Waals surface area contributed by atoms with Gasteiger partial charge in [0.15, 0.2) is 5.58 Å². The third-order valence-corrected chi connectivity index (χ3v) is 4.80. The molecule has 23 heavy (non-hydrogen) atoms. The summed E-state index contributed by atoms with van der Waals surface area (Å²) in [4.78, 5) is 31.0. The smallest absolute Gasteiger partial charge is 0.317 e. The first-order valence-electron chi connectivity index (χ1n) is 8.09. The van der Waals surface area contributed by atoms with E-state index in [1.54, 1.807) is 12.3 Å². The molecule has 0 aliphatic carbocycles. The highest BCUT2D eigenvalue weighted by atomic mass is 16.3. The average Bonchev–Trinajstić information content (AvgIpc) is 3.24. The second-order valence-corrected chi connectivity index (χ2v) is 6.30. The van der Waals surface area contributed by atoms with Gasteiger partial charge in [0, 0.05) is 44.9 Å². The Balaban J connectivity index is 1.34. The van der Waals surface area contributed by atoms with Crippen LogP contribution in [0.25, 0.3) is 11.1 Å². The van der Waals surface area contributed by atoms with Crippen LogP contribution >= 0.6 is 0 Å². The van der Waals surface area contributed by atoms with E-state index in [1.807, 2.05) is 15.9 Å². The largest absolute Gasteiger partial charge is 0.463 e. The predicted octanol–water partition coefficient (Wildman–Crippen LogP) is 1.64. The number of aromatic nitrogens is 1. The standard InChI is InChI=1S/C16H20N4O3/c21-15(13-9-14-12(18-13)3-8-23-14)19-5-1-11(2-6-19)10-20-7-4-17-16(20)22/h3,8-9,11,18H,1-2,4-7,10H2,(H,17,22). The Morgan fingerprint density at radius 1 is 1.30 bits per heavy atom. The molecule has 2 aromatic rings. The number of hydrogen-bond acceptors (Lipinski definition) is 3. The Kier molecular flexibility index (Phi) is 3.48. The van der Waals surface area contributed by atoms with Crippen molar-refractivity contribution in [3.63, 3.8) is 0 Å². The highest BCUT2D eigenvalue weighted by molar-refractivity contribution is 5.96. The maximum Gasteiger partial charge on any atom is 0.317 e. The number of carbonyl (C=O) groups is 2. The molecule has 4 heterocycles. The Morgan fingerprint density at radius 2 is 2.13 bits per heavy atom. The molecule has 0 aromatic carbocycles. The van der Waals surface area contributed by atoms with E-state index in [9.17, 15) is 9.59 Å². The Morgan fingerprint density at radius 3 is 2.83 bits per heavy atom. The van der Waals surface area contributed by atoms with Gasteiger partial charge in [0.2, 0.25) is 0 Å². The summed E-state index contributed by atoms with van der Waals surface area (Å²) in [6, 6.07) is 3.62. The van der Waals surface area contributed by atoms with E-state index in [2.05, 4.69) is 10.3 Å². The molecule has 7 heteroatoms. The summed E-state index contributed by atoms with van der Waals surface area (Å²) in [6.45, 7) is 3.80.